The molecular formula is C24H27ClFN3O. The average Bonchev–Trinajstić information content (AvgIpc) is 3.08. The van der Waals surface area contributed by atoms with Crippen LogP contribution in [0.25, 0.3) is 10.9 Å². The second-order valence-corrected chi connectivity index (χ2v) is 8.38. The minimum Gasteiger partial charge on any atom is -0.359 e. The molecule has 0 unspecified atom stereocenters. The molecule has 0 saturated carbocycles. The summed E-state index contributed by atoms with van der Waals surface area (Å²) in [5, 5.41) is 4.52. The first-order valence-corrected chi connectivity index (χ1v) is 10.9. The van der Waals surface area contributed by atoms with E-state index < -0.39 is 0 Å². The Balaban J connectivity index is 1.43. The van der Waals surface area contributed by atoms with Gasteiger partial charge in [0.05, 0.1) is 6.42 Å². The number of likely N-dealkylation sites (tertiary alicyclic amines) is 1. The molecular weight excluding hydrogens is 401 g/mol. The fourth-order valence-corrected chi connectivity index (χ4v) is 4.72. The van der Waals surface area contributed by atoms with Crippen LogP contribution in [0.5, 0.6) is 0 Å². The van der Waals surface area contributed by atoms with Gasteiger partial charge >= 0.3 is 0 Å². The van der Waals surface area contributed by atoms with Gasteiger partial charge in [0.15, 0.2) is 0 Å². The number of piperidine rings is 1. The van der Waals surface area contributed by atoms with Crippen LogP contribution < -0.4 is 5.32 Å². The van der Waals surface area contributed by atoms with Crippen molar-refractivity contribution in [1.29, 1.82) is 0 Å². The number of nitrogens with zero attached hydrogens (tertiary/aromatic N) is 2. The Morgan fingerprint density at radius 2 is 1.93 bits per heavy atom. The molecule has 0 radical (unpaired) electrons. The van der Waals surface area contributed by atoms with Crippen LogP contribution in [0.2, 0.25) is 5.15 Å². The van der Waals surface area contributed by atoms with Crippen molar-refractivity contribution in [2.45, 2.75) is 31.7 Å². The first kappa shape index (κ1) is 20.9. The van der Waals surface area contributed by atoms with Gasteiger partial charge in [-0.2, -0.15) is 0 Å². The van der Waals surface area contributed by atoms with Gasteiger partial charge < -0.3 is 14.8 Å². The summed E-state index contributed by atoms with van der Waals surface area (Å²) in [5.41, 5.74) is 2.86. The molecule has 3 aromatic rings. The van der Waals surface area contributed by atoms with E-state index in [9.17, 15) is 9.18 Å². The zero-order chi connectivity index (χ0) is 21.1. The van der Waals surface area contributed by atoms with E-state index in [1.807, 2.05) is 30.3 Å². The topological polar surface area (TPSA) is 37.3 Å². The molecule has 4 rings (SSSR count). The van der Waals surface area contributed by atoms with Crippen LogP contribution in [0, 0.1) is 5.82 Å². The molecule has 4 nitrogen and oxygen atoms in total. The lowest BCUT2D eigenvalue weighted by Gasteiger charge is -2.33. The molecule has 1 amide bonds. The normalized spacial score (nSPS) is 15.6. The van der Waals surface area contributed by atoms with Crippen LogP contribution in [0.4, 0.5) is 4.39 Å². The summed E-state index contributed by atoms with van der Waals surface area (Å²) in [6, 6.07) is 15.5. The number of benzene rings is 2. The van der Waals surface area contributed by atoms with Gasteiger partial charge in [-0.1, -0.05) is 41.9 Å². The lowest BCUT2D eigenvalue weighted by atomic mass is 10.0. The van der Waals surface area contributed by atoms with Crippen molar-refractivity contribution in [1.82, 2.24) is 14.8 Å². The van der Waals surface area contributed by atoms with Gasteiger partial charge in [-0.3, -0.25) is 4.79 Å². The number of fused-ring (bicyclic) bond motifs is 1. The molecule has 0 spiro atoms. The third kappa shape index (κ3) is 4.52. The third-order valence-corrected chi connectivity index (χ3v) is 6.37. The Bertz CT molecular complexity index is 1040. The molecule has 0 atom stereocenters. The van der Waals surface area contributed by atoms with Crippen molar-refractivity contribution in [3.8, 4) is 0 Å². The number of likely N-dealkylation sites (N-methyl/N-ethyl adjacent to an activating group) is 1. The summed E-state index contributed by atoms with van der Waals surface area (Å²) in [4.78, 5) is 14.2. The number of hydrogen-bond donors (Lipinski definition) is 1. The van der Waals surface area contributed by atoms with Crippen molar-refractivity contribution in [2.75, 3.05) is 26.7 Å². The van der Waals surface area contributed by atoms with Crippen molar-refractivity contribution in [2.24, 2.45) is 0 Å². The number of amides is 1. The predicted molar refractivity (Wildman–Crippen MR) is 120 cm³/mol. The smallest absolute Gasteiger partial charge is 0.224 e. The Hall–Kier alpha value is -2.37. The monoisotopic (exact) mass is 427 g/mol. The summed E-state index contributed by atoms with van der Waals surface area (Å²) >= 11 is 6.61. The van der Waals surface area contributed by atoms with E-state index in [0.717, 1.165) is 66.1 Å². The highest BCUT2D eigenvalue weighted by Crippen LogP contribution is 2.33. The maximum Gasteiger partial charge on any atom is 0.224 e. The standard InChI is InChI=1S/C24H27ClFN3O/c1-27-24(30)15-17-6-7-19-16-23(25)29(22(19)14-17)20-9-12-28(13-10-20)11-8-18-4-2-3-5-21(18)26/h2-7,14,16,20H,8-13,15H2,1H3,(H,27,30). The molecule has 1 saturated heterocycles. The second kappa shape index (κ2) is 9.19. The van der Waals surface area contributed by atoms with E-state index in [1.165, 1.54) is 6.07 Å². The number of aromatic nitrogens is 1. The highest BCUT2D eigenvalue weighted by molar-refractivity contribution is 6.31. The van der Waals surface area contributed by atoms with Gasteiger partial charge in [0.25, 0.3) is 0 Å². The zero-order valence-electron chi connectivity index (χ0n) is 17.2. The van der Waals surface area contributed by atoms with Gasteiger partial charge in [-0.25, -0.2) is 4.39 Å². The Labute approximate surface area is 181 Å². The third-order valence-electron chi connectivity index (χ3n) is 6.08. The van der Waals surface area contributed by atoms with Crippen LogP contribution in [0.3, 0.4) is 0 Å². The summed E-state index contributed by atoms with van der Waals surface area (Å²) in [6.45, 7) is 2.80. The number of halogens is 2. The molecule has 30 heavy (non-hydrogen) atoms. The van der Waals surface area contributed by atoms with Crippen molar-refractivity contribution in [3.05, 3.63) is 70.6 Å². The average molecular weight is 428 g/mol. The molecule has 1 aliphatic rings. The van der Waals surface area contributed by atoms with Gasteiger partial charge in [-0.05, 0) is 48.6 Å². The van der Waals surface area contributed by atoms with Crippen LogP contribution >= 0.6 is 11.6 Å². The molecule has 1 N–H and O–H groups in total. The van der Waals surface area contributed by atoms with E-state index in [2.05, 4.69) is 20.9 Å². The van der Waals surface area contributed by atoms with E-state index in [0.29, 0.717) is 12.5 Å². The summed E-state index contributed by atoms with van der Waals surface area (Å²) in [7, 11) is 1.65. The molecule has 2 aromatic carbocycles. The maximum atomic E-state index is 13.9. The molecule has 0 aliphatic carbocycles. The Morgan fingerprint density at radius 1 is 1.17 bits per heavy atom. The van der Waals surface area contributed by atoms with Crippen molar-refractivity contribution < 1.29 is 9.18 Å². The lowest BCUT2D eigenvalue weighted by Crippen LogP contribution is -2.36. The largest absolute Gasteiger partial charge is 0.359 e. The Kier molecular flexibility index (Phi) is 6.40. The van der Waals surface area contributed by atoms with Crippen molar-refractivity contribution in [3.63, 3.8) is 0 Å². The summed E-state index contributed by atoms with van der Waals surface area (Å²) in [6.07, 6.45) is 3.10. The minimum absolute atomic E-state index is 0.00159. The molecule has 1 aliphatic heterocycles. The quantitative estimate of drug-likeness (QED) is 0.624. The molecule has 6 heteroatoms. The van der Waals surface area contributed by atoms with E-state index in [4.69, 9.17) is 11.6 Å². The number of carbonyl (C=O) groups is 1. The molecule has 1 aromatic heterocycles. The summed E-state index contributed by atoms with van der Waals surface area (Å²) < 4.78 is 16.1. The highest BCUT2D eigenvalue weighted by atomic mass is 35.5. The number of hydrogen-bond acceptors (Lipinski definition) is 2. The fourth-order valence-electron chi connectivity index (χ4n) is 4.37. The summed E-state index contributed by atoms with van der Waals surface area (Å²) in [5.74, 6) is -0.118. The number of nitrogens with one attached hydrogen (secondary N) is 1. The minimum atomic E-state index is -0.120. The number of rotatable bonds is 6. The first-order valence-electron chi connectivity index (χ1n) is 10.5. The molecule has 1 fully saturated rings. The second-order valence-electron chi connectivity index (χ2n) is 7.99. The van der Waals surface area contributed by atoms with Crippen molar-refractivity contribution >= 4 is 28.4 Å². The molecule has 0 bridgehead atoms. The van der Waals surface area contributed by atoms with E-state index in [-0.39, 0.29) is 11.7 Å². The zero-order valence-corrected chi connectivity index (χ0v) is 18.0. The van der Waals surface area contributed by atoms with Gasteiger partial charge in [-0.15, -0.1) is 0 Å². The van der Waals surface area contributed by atoms with Gasteiger partial charge in [0.1, 0.15) is 11.0 Å². The Morgan fingerprint density at radius 3 is 2.67 bits per heavy atom. The van der Waals surface area contributed by atoms with Gasteiger partial charge in [0.2, 0.25) is 5.91 Å². The van der Waals surface area contributed by atoms with Gasteiger partial charge in [0, 0.05) is 43.6 Å². The van der Waals surface area contributed by atoms with Crippen LogP contribution in [0.1, 0.15) is 30.0 Å². The first-order chi connectivity index (χ1) is 14.5. The SMILES string of the molecule is CNC(=O)Cc1ccc2cc(Cl)n(C3CCN(CCc4ccccc4F)CC3)c2c1. The van der Waals surface area contributed by atoms with Crippen LogP contribution in [0.15, 0.2) is 48.5 Å². The molecule has 2 heterocycles. The lowest BCUT2D eigenvalue weighted by molar-refractivity contribution is -0.119. The maximum absolute atomic E-state index is 13.9. The fraction of sp³-hybridized carbons (Fsp3) is 0.375. The molecule has 158 valence electrons. The van der Waals surface area contributed by atoms with E-state index >= 15 is 0 Å². The predicted octanol–water partition coefficient (Wildman–Crippen LogP) is 4.60. The highest BCUT2D eigenvalue weighted by Gasteiger charge is 2.23. The number of carbonyl (C=O) groups excluding carboxylic acids is 1. The van der Waals surface area contributed by atoms with Crippen LogP contribution in [-0.2, 0) is 17.6 Å². The van der Waals surface area contributed by atoms with E-state index in [1.54, 1.807) is 13.1 Å². The van der Waals surface area contributed by atoms with Crippen LogP contribution in [-0.4, -0.2) is 42.1 Å².